The first-order valence-corrected chi connectivity index (χ1v) is 6.07. The molecule has 8 nitrogen and oxygen atoms in total. The predicted octanol–water partition coefficient (Wildman–Crippen LogP) is -0.0830. The molecule has 0 fully saturated rings. The molecule has 0 saturated carbocycles. The average Bonchev–Trinajstić information content (AvgIpc) is 2.34. The first-order valence-electron chi connectivity index (χ1n) is 6.07. The third-order valence-corrected chi connectivity index (χ3v) is 2.33. The second-order valence-corrected chi connectivity index (χ2v) is 4.65. The van der Waals surface area contributed by atoms with Gasteiger partial charge in [-0.15, -0.1) is 0 Å². The Morgan fingerprint density at radius 1 is 1.32 bits per heavy atom. The Morgan fingerprint density at radius 3 is 2.53 bits per heavy atom. The number of rotatable bonds is 6. The number of hydrogen-bond donors (Lipinski definition) is 5. The molecule has 0 aromatic carbocycles. The summed E-state index contributed by atoms with van der Waals surface area (Å²) in [6, 6.07) is 1.14. The number of carbonyl (C=O) groups is 1. The molecule has 0 saturated heterocycles. The highest BCUT2D eigenvalue weighted by Crippen LogP contribution is 2.12. The summed E-state index contributed by atoms with van der Waals surface area (Å²) in [7, 11) is 0. The SMILES string of the molecule is CC(C)CNC(=O)C(C)Nc1cc(NN)nc(N)n1. The van der Waals surface area contributed by atoms with Crippen LogP contribution in [-0.4, -0.2) is 28.5 Å². The van der Waals surface area contributed by atoms with Gasteiger partial charge in [-0.05, 0) is 12.8 Å². The summed E-state index contributed by atoms with van der Waals surface area (Å²) in [4.78, 5) is 19.6. The van der Waals surface area contributed by atoms with E-state index >= 15 is 0 Å². The number of nitrogens with one attached hydrogen (secondary N) is 3. The number of nitrogen functional groups attached to an aromatic ring is 2. The molecule has 0 aliphatic rings. The number of nitrogens with zero attached hydrogens (tertiary/aromatic N) is 2. The molecule has 7 N–H and O–H groups in total. The summed E-state index contributed by atoms with van der Waals surface area (Å²) in [5, 5.41) is 5.77. The maximum Gasteiger partial charge on any atom is 0.242 e. The van der Waals surface area contributed by atoms with Gasteiger partial charge >= 0.3 is 0 Å². The molecule has 0 aliphatic carbocycles. The highest BCUT2D eigenvalue weighted by atomic mass is 16.2. The van der Waals surface area contributed by atoms with Crippen molar-refractivity contribution in [1.82, 2.24) is 15.3 Å². The number of hydrogen-bond acceptors (Lipinski definition) is 7. The van der Waals surface area contributed by atoms with Crippen LogP contribution in [0.3, 0.4) is 0 Å². The van der Waals surface area contributed by atoms with Crippen LogP contribution in [-0.2, 0) is 4.79 Å². The summed E-state index contributed by atoms with van der Waals surface area (Å²) < 4.78 is 0. The minimum atomic E-state index is -0.432. The van der Waals surface area contributed by atoms with E-state index in [-0.39, 0.29) is 11.9 Å². The van der Waals surface area contributed by atoms with Crippen molar-refractivity contribution in [3.05, 3.63) is 6.07 Å². The van der Waals surface area contributed by atoms with Gasteiger partial charge in [-0.25, -0.2) is 5.84 Å². The molecular formula is C11H21N7O. The molecule has 1 aromatic rings. The van der Waals surface area contributed by atoms with E-state index in [9.17, 15) is 4.79 Å². The number of hydrazine groups is 1. The first-order chi connectivity index (χ1) is 8.92. The Hall–Kier alpha value is -2.09. The molecule has 1 atom stereocenters. The average molecular weight is 267 g/mol. The Bertz CT molecular complexity index is 435. The summed E-state index contributed by atoms with van der Waals surface area (Å²) >= 11 is 0. The van der Waals surface area contributed by atoms with Crippen molar-refractivity contribution in [2.45, 2.75) is 26.8 Å². The normalized spacial score (nSPS) is 12.1. The third kappa shape index (κ3) is 4.96. The summed E-state index contributed by atoms with van der Waals surface area (Å²) in [5.41, 5.74) is 7.91. The van der Waals surface area contributed by atoms with Crippen LogP contribution in [0.2, 0.25) is 0 Å². The van der Waals surface area contributed by atoms with Crippen LogP contribution in [0.4, 0.5) is 17.6 Å². The minimum absolute atomic E-state index is 0.0766. The molecule has 0 spiro atoms. The molecule has 1 amide bonds. The van der Waals surface area contributed by atoms with E-state index in [0.717, 1.165) is 0 Å². The fourth-order valence-corrected chi connectivity index (χ4v) is 1.36. The first kappa shape index (κ1) is 15.0. The van der Waals surface area contributed by atoms with Gasteiger partial charge in [0.25, 0.3) is 0 Å². The van der Waals surface area contributed by atoms with E-state index in [4.69, 9.17) is 11.6 Å². The number of amides is 1. The number of carbonyl (C=O) groups excluding carboxylic acids is 1. The lowest BCUT2D eigenvalue weighted by molar-refractivity contribution is -0.121. The molecule has 1 rings (SSSR count). The third-order valence-electron chi connectivity index (χ3n) is 2.33. The molecular weight excluding hydrogens is 246 g/mol. The molecule has 1 aromatic heterocycles. The van der Waals surface area contributed by atoms with Crippen molar-refractivity contribution in [3.8, 4) is 0 Å². The van der Waals surface area contributed by atoms with Crippen LogP contribution >= 0.6 is 0 Å². The van der Waals surface area contributed by atoms with Gasteiger partial charge in [-0.3, -0.25) is 4.79 Å². The van der Waals surface area contributed by atoms with Crippen LogP contribution in [0, 0.1) is 5.92 Å². The minimum Gasteiger partial charge on any atom is -0.368 e. The van der Waals surface area contributed by atoms with Gasteiger partial charge in [0.1, 0.15) is 17.7 Å². The molecule has 0 bridgehead atoms. The molecule has 1 heterocycles. The van der Waals surface area contributed by atoms with Gasteiger partial charge in [0, 0.05) is 12.6 Å². The maximum absolute atomic E-state index is 11.8. The van der Waals surface area contributed by atoms with Crippen molar-refractivity contribution >= 4 is 23.5 Å². The van der Waals surface area contributed by atoms with Gasteiger partial charge in [0.2, 0.25) is 11.9 Å². The lowest BCUT2D eigenvalue weighted by atomic mass is 10.2. The van der Waals surface area contributed by atoms with Gasteiger partial charge in [-0.1, -0.05) is 13.8 Å². The highest BCUT2D eigenvalue weighted by Gasteiger charge is 2.13. The monoisotopic (exact) mass is 267 g/mol. The summed E-state index contributed by atoms with van der Waals surface area (Å²) in [6.45, 7) is 6.43. The van der Waals surface area contributed by atoms with E-state index < -0.39 is 6.04 Å². The van der Waals surface area contributed by atoms with Crippen molar-refractivity contribution in [1.29, 1.82) is 0 Å². The quantitative estimate of drug-likeness (QED) is 0.360. The van der Waals surface area contributed by atoms with Crippen molar-refractivity contribution in [2.24, 2.45) is 11.8 Å². The second-order valence-electron chi connectivity index (χ2n) is 4.65. The van der Waals surface area contributed by atoms with Crippen LogP contribution in [0.25, 0.3) is 0 Å². The largest absolute Gasteiger partial charge is 0.368 e. The maximum atomic E-state index is 11.8. The Kier molecular flexibility index (Phi) is 5.31. The Labute approximate surface area is 112 Å². The van der Waals surface area contributed by atoms with Crippen LogP contribution < -0.4 is 27.6 Å². The van der Waals surface area contributed by atoms with Crippen molar-refractivity contribution in [3.63, 3.8) is 0 Å². The van der Waals surface area contributed by atoms with E-state index in [1.54, 1.807) is 13.0 Å². The van der Waals surface area contributed by atoms with Crippen LogP contribution in [0.15, 0.2) is 6.07 Å². The zero-order chi connectivity index (χ0) is 14.4. The molecule has 0 radical (unpaired) electrons. The smallest absolute Gasteiger partial charge is 0.242 e. The van der Waals surface area contributed by atoms with Crippen LogP contribution in [0.5, 0.6) is 0 Å². The van der Waals surface area contributed by atoms with E-state index in [2.05, 4.69) is 26.0 Å². The van der Waals surface area contributed by atoms with Crippen molar-refractivity contribution in [2.75, 3.05) is 23.0 Å². The van der Waals surface area contributed by atoms with Gasteiger partial charge < -0.3 is 21.8 Å². The van der Waals surface area contributed by atoms with E-state index in [1.807, 2.05) is 13.8 Å². The predicted molar refractivity (Wildman–Crippen MR) is 75.2 cm³/mol. The number of aromatic nitrogens is 2. The Balaban J connectivity index is 2.63. The fourth-order valence-electron chi connectivity index (χ4n) is 1.36. The second kappa shape index (κ2) is 6.74. The van der Waals surface area contributed by atoms with Gasteiger partial charge in [0.15, 0.2) is 0 Å². The zero-order valence-electron chi connectivity index (χ0n) is 11.4. The van der Waals surface area contributed by atoms with Crippen molar-refractivity contribution < 1.29 is 4.79 Å². The van der Waals surface area contributed by atoms with Gasteiger partial charge in [-0.2, -0.15) is 9.97 Å². The number of nitrogens with two attached hydrogens (primary N) is 2. The van der Waals surface area contributed by atoms with Crippen LogP contribution in [0.1, 0.15) is 20.8 Å². The summed E-state index contributed by atoms with van der Waals surface area (Å²) in [5.74, 6) is 6.45. The Morgan fingerprint density at radius 2 is 1.95 bits per heavy atom. The molecule has 1 unspecified atom stereocenters. The molecule has 19 heavy (non-hydrogen) atoms. The lowest BCUT2D eigenvalue weighted by Gasteiger charge is -2.16. The molecule has 8 heteroatoms. The topological polar surface area (TPSA) is 131 Å². The molecule has 106 valence electrons. The molecule has 0 aliphatic heterocycles. The summed E-state index contributed by atoms with van der Waals surface area (Å²) in [6.07, 6.45) is 0. The van der Waals surface area contributed by atoms with E-state index in [1.165, 1.54) is 0 Å². The lowest BCUT2D eigenvalue weighted by Crippen LogP contribution is -2.39. The zero-order valence-corrected chi connectivity index (χ0v) is 11.4. The standard InChI is InChI=1S/C11H21N7O/c1-6(2)5-14-10(19)7(3)15-8-4-9(18-13)17-11(12)16-8/h4,6-7H,5,13H2,1-3H3,(H,14,19)(H4,12,15,16,17,18). The number of anilines is 3. The van der Waals surface area contributed by atoms with E-state index in [0.29, 0.717) is 24.1 Å². The van der Waals surface area contributed by atoms with Gasteiger partial charge in [0.05, 0.1) is 0 Å². The fraction of sp³-hybridized carbons (Fsp3) is 0.545. The highest BCUT2D eigenvalue weighted by molar-refractivity contribution is 5.84.